The van der Waals surface area contributed by atoms with E-state index in [0.29, 0.717) is 0 Å². The minimum Gasteiger partial charge on any atom is -0.493 e. The summed E-state index contributed by atoms with van der Waals surface area (Å²) in [6, 6.07) is 16.2. The fourth-order valence-electron chi connectivity index (χ4n) is 3.53. The molecule has 3 aromatic rings. The summed E-state index contributed by atoms with van der Waals surface area (Å²) >= 11 is 0. The average molecular weight is 376 g/mol. The second-order valence-corrected chi connectivity index (χ2v) is 6.80. The molecule has 0 saturated heterocycles. The topological polar surface area (TPSA) is 59.5 Å². The predicted octanol–water partition coefficient (Wildman–Crippen LogP) is 4.11. The molecule has 0 saturated carbocycles. The highest BCUT2D eigenvalue weighted by Crippen LogP contribution is 2.34. The van der Waals surface area contributed by atoms with E-state index in [1.54, 1.807) is 14.2 Å². The Labute approximate surface area is 165 Å². The number of aryl methyl sites for hydroxylation is 1. The molecule has 0 atom stereocenters. The van der Waals surface area contributed by atoms with Crippen LogP contribution in [0.2, 0.25) is 0 Å². The first-order valence-corrected chi connectivity index (χ1v) is 9.33. The van der Waals surface area contributed by atoms with Crippen LogP contribution in [-0.4, -0.2) is 30.7 Å². The number of hydrogen-bond acceptors (Lipinski definition) is 6. The second kappa shape index (κ2) is 7.76. The molecule has 2 heterocycles. The van der Waals surface area contributed by atoms with Crippen LogP contribution in [0.25, 0.3) is 0 Å². The van der Waals surface area contributed by atoms with Crippen LogP contribution in [0.1, 0.15) is 17.0 Å². The van der Waals surface area contributed by atoms with Crippen molar-refractivity contribution in [2.24, 2.45) is 0 Å². The van der Waals surface area contributed by atoms with Crippen molar-refractivity contribution in [1.29, 1.82) is 0 Å². The van der Waals surface area contributed by atoms with Gasteiger partial charge in [-0.15, -0.1) is 0 Å². The van der Waals surface area contributed by atoms with Gasteiger partial charge >= 0.3 is 0 Å². The molecule has 1 aliphatic heterocycles. The fraction of sp³-hybridized carbons (Fsp3) is 0.273. The predicted molar refractivity (Wildman–Crippen MR) is 111 cm³/mol. The molecule has 0 unspecified atom stereocenters. The molecule has 0 spiro atoms. The molecule has 2 aromatic carbocycles. The molecular formula is C22H24N4O2. The fourth-order valence-corrected chi connectivity index (χ4v) is 3.53. The SMILES string of the molecule is COc1cc2c(cc1OC)CN(c1cc(Nc3ccccc3)nc(C)n1)CC2. The van der Waals surface area contributed by atoms with Crippen molar-refractivity contribution in [1.82, 2.24) is 9.97 Å². The summed E-state index contributed by atoms with van der Waals surface area (Å²) in [5.41, 5.74) is 3.53. The lowest BCUT2D eigenvalue weighted by molar-refractivity contribution is 0.353. The van der Waals surface area contributed by atoms with E-state index in [1.165, 1.54) is 11.1 Å². The number of benzene rings is 2. The van der Waals surface area contributed by atoms with Gasteiger partial charge in [-0.05, 0) is 48.7 Å². The molecule has 0 bridgehead atoms. The molecule has 0 radical (unpaired) electrons. The van der Waals surface area contributed by atoms with Gasteiger partial charge in [-0.1, -0.05) is 18.2 Å². The molecule has 1 aliphatic rings. The number of hydrogen-bond donors (Lipinski definition) is 1. The maximum atomic E-state index is 5.47. The number of nitrogens with zero attached hydrogens (tertiary/aromatic N) is 3. The highest BCUT2D eigenvalue weighted by molar-refractivity contribution is 5.60. The van der Waals surface area contributed by atoms with Crippen LogP contribution in [0.5, 0.6) is 11.5 Å². The lowest BCUT2D eigenvalue weighted by Crippen LogP contribution is -2.31. The van der Waals surface area contributed by atoms with Crippen LogP contribution in [0.3, 0.4) is 0 Å². The average Bonchev–Trinajstić information content (AvgIpc) is 2.72. The Morgan fingerprint density at radius 1 is 0.929 bits per heavy atom. The molecule has 0 fully saturated rings. The van der Waals surface area contributed by atoms with Crippen LogP contribution in [-0.2, 0) is 13.0 Å². The number of ether oxygens (including phenoxy) is 2. The number of aromatic nitrogens is 2. The van der Waals surface area contributed by atoms with Gasteiger partial charge in [0, 0.05) is 24.8 Å². The van der Waals surface area contributed by atoms with E-state index in [4.69, 9.17) is 9.47 Å². The van der Waals surface area contributed by atoms with Gasteiger partial charge in [-0.2, -0.15) is 0 Å². The van der Waals surface area contributed by atoms with E-state index in [1.807, 2.05) is 43.3 Å². The maximum absolute atomic E-state index is 5.47. The van der Waals surface area contributed by atoms with Crippen LogP contribution >= 0.6 is 0 Å². The zero-order valence-corrected chi connectivity index (χ0v) is 16.4. The molecule has 0 aliphatic carbocycles. The Balaban J connectivity index is 1.60. The number of fused-ring (bicyclic) bond motifs is 1. The van der Waals surface area contributed by atoms with E-state index in [2.05, 4.69) is 32.3 Å². The maximum Gasteiger partial charge on any atom is 0.161 e. The monoisotopic (exact) mass is 376 g/mol. The zero-order chi connectivity index (χ0) is 19.5. The van der Waals surface area contributed by atoms with Gasteiger partial charge in [0.15, 0.2) is 11.5 Å². The second-order valence-electron chi connectivity index (χ2n) is 6.80. The van der Waals surface area contributed by atoms with Crippen molar-refractivity contribution >= 4 is 17.3 Å². The van der Waals surface area contributed by atoms with Crippen molar-refractivity contribution in [3.8, 4) is 11.5 Å². The Hall–Kier alpha value is -3.28. The van der Waals surface area contributed by atoms with Crippen molar-refractivity contribution < 1.29 is 9.47 Å². The number of rotatable bonds is 5. The standard InChI is InChI=1S/C22H24N4O2/c1-15-23-21(25-18-7-5-4-6-8-18)13-22(24-15)26-10-9-16-11-19(27-2)20(28-3)12-17(16)14-26/h4-8,11-13H,9-10,14H2,1-3H3,(H,23,24,25). The van der Waals surface area contributed by atoms with E-state index in [0.717, 1.165) is 54.2 Å². The van der Waals surface area contributed by atoms with Crippen LogP contribution in [0, 0.1) is 6.92 Å². The summed E-state index contributed by atoms with van der Waals surface area (Å²) in [6.45, 7) is 3.59. The molecule has 1 N–H and O–H groups in total. The number of methoxy groups -OCH3 is 2. The van der Waals surface area contributed by atoms with E-state index in [9.17, 15) is 0 Å². The largest absolute Gasteiger partial charge is 0.493 e. The van der Waals surface area contributed by atoms with E-state index >= 15 is 0 Å². The molecular weight excluding hydrogens is 352 g/mol. The van der Waals surface area contributed by atoms with Crippen LogP contribution < -0.4 is 19.7 Å². The number of nitrogens with one attached hydrogen (secondary N) is 1. The lowest BCUT2D eigenvalue weighted by Gasteiger charge is -2.30. The third-order valence-corrected chi connectivity index (χ3v) is 4.91. The first-order chi connectivity index (χ1) is 13.7. The van der Waals surface area contributed by atoms with Crippen molar-refractivity contribution in [3.63, 3.8) is 0 Å². The van der Waals surface area contributed by atoms with Crippen molar-refractivity contribution in [2.75, 3.05) is 31.0 Å². The normalized spacial score (nSPS) is 13.0. The van der Waals surface area contributed by atoms with Crippen LogP contribution in [0.4, 0.5) is 17.3 Å². The number of anilines is 3. The molecule has 144 valence electrons. The minimum atomic E-state index is 0.744. The number of para-hydroxylation sites is 1. The Kier molecular flexibility index (Phi) is 5.02. The highest BCUT2D eigenvalue weighted by atomic mass is 16.5. The Morgan fingerprint density at radius 3 is 2.36 bits per heavy atom. The van der Waals surface area contributed by atoms with Gasteiger partial charge < -0.3 is 19.7 Å². The lowest BCUT2D eigenvalue weighted by atomic mass is 9.99. The van der Waals surface area contributed by atoms with E-state index in [-0.39, 0.29) is 0 Å². The van der Waals surface area contributed by atoms with Crippen LogP contribution in [0.15, 0.2) is 48.5 Å². The zero-order valence-electron chi connectivity index (χ0n) is 16.4. The third kappa shape index (κ3) is 3.71. The van der Waals surface area contributed by atoms with Gasteiger partial charge in [0.1, 0.15) is 17.5 Å². The van der Waals surface area contributed by atoms with Gasteiger partial charge in [0.25, 0.3) is 0 Å². The molecule has 28 heavy (non-hydrogen) atoms. The van der Waals surface area contributed by atoms with Crippen molar-refractivity contribution in [3.05, 3.63) is 65.5 Å². The minimum absolute atomic E-state index is 0.744. The summed E-state index contributed by atoms with van der Waals surface area (Å²) in [4.78, 5) is 11.5. The van der Waals surface area contributed by atoms with Gasteiger partial charge in [0.2, 0.25) is 0 Å². The third-order valence-electron chi connectivity index (χ3n) is 4.91. The molecule has 0 amide bonds. The molecule has 1 aromatic heterocycles. The van der Waals surface area contributed by atoms with E-state index < -0.39 is 0 Å². The Morgan fingerprint density at radius 2 is 1.64 bits per heavy atom. The quantitative estimate of drug-likeness (QED) is 0.723. The smallest absolute Gasteiger partial charge is 0.161 e. The van der Waals surface area contributed by atoms with Crippen molar-refractivity contribution in [2.45, 2.75) is 19.9 Å². The summed E-state index contributed by atoms with van der Waals surface area (Å²) in [5.74, 6) is 4.00. The molecule has 6 heteroatoms. The summed E-state index contributed by atoms with van der Waals surface area (Å²) in [5, 5.41) is 3.36. The van der Waals surface area contributed by atoms with Gasteiger partial charge in [-0.3, -0.25) is 0 Å². The highest BCUT2D eigenvalue weighted by Gasteiger charge is 2.21. The molecule has 6 nitrogen and oxygen atoms in total. The van der Waals surface area contributed by atoms with Gasteiger partial charge in [-0.25, -0.2) is 9.97 Å². The van der Waals surface area contributed by atoms with Gasteiger partial charge in [0.05, 0.1) is 14.2 Å². The summed E-state index contributed by atoms with van der Waals surface area (Å²) in [6.07, 6.45) is 0.931. The molecule has 4 rings (SSSR count). The first kappa shape index (κ1) is 18.1. The Bertz CT molecular complexity index is 976. The summed E-state index contributed by atoms with van der Waals surface area (Å²) in [7, 11) is 3.34. The summed E-state index contributed by atoms with van der Waals surface area (Å²) < 4.78 is 10.9. The first-order valence-electron chi connectivity index (χ1n) is 9.33.